The van der Waals surface area contributed by atoms with Crippen LogP contribution in [-0.4, -0.2) is 22.4 Å². The third kappa shape index (κ3) is 3.71. The molecule has 27 heavy (non-hydrogen) atoms. The molecule has 0 unspecified atom stereocenters. The first kappa shape index (κ1) is 17.3. The van der Waals surface area contributed by atoms with E-state index in [0.29, 0.717) is 5.56 Å². The van der Waals surface area contributed by atoms with Gasteiger partial charge in [-0.05, 0) is 24.5 Å². The number of nitrogens with one attached hydrogen (secondary N) is 3. The van der Waals surface area contributed by atoms with E-state index in [1.807, 2.05) is 66.2 Å². The van der Waals surface area contributed by atoms with Crippen molar-refractivity contribution in [2.45, 2.75) is 24.9 Å². The van der Waals surface area contributed by atoms with Gasteiger partial charge in [-0.15, -0.1) is 0 Å². The second-order valence-electron chi connectivity index (χ2n) is 6.90. The molecule has 0 aliphatic heterocycles. The molecule has 2 aromatic carbocycles. The second-order valence-corrected chi connectivity index (χ2v) is 6.90. The van der Waals surface area contributed by atoms with E-state index >= 15 is 0 Å². The molecule has 1 aliphatic rings. The Balaban J connectivity index is 1.52. The molecule has 0 saturated heterocycles. The van der Waals surface area contributed by atoms with Gasteiger partial charge in [0.25, 0.3) is 5.91 Å². The Bertz CT molecular complexity index is 976. The van der Waals surface area contributed by atoms with E-state index in [1.165, 1.54) is 0 Å². The van der Waals surface area contributed by atoms with Crippen LogP contribution in [0, 0.1) is 0 Å². The lowest BCUT2D eigenvalue weighted by atomic mass is 10.1. The van der Waals surface area contributed by atoms with Crippen molar-refractivity contribution in [2.24, 2.45) is 7.05 Å². The van der Waals surface area contributed by atoms with Gasteiger partial charge in [-0.1, -0.05) is 48.5 Å². The van der Waals surface area contributed by atoms with Crippen LogP contribution in [0.25, 0.3) is 10.9 Å². The van der Waals surface area contributed by atoms with Crippen molar-refractivity contribution in [3.63, 3.8) is 0 Å². The van der Waals surface area contributed by atoms with Crippen LogP contribution in [0.2, 0.25) is 0 Å². The van der Waals surface area contributed by atoms with Gasteiger partial charge in [0.1, 0.15) is 6.04 Å². The zero-order valence-electron chi connectivity index (χ0n) is 15.1. The first-order valence-corrected chi connectivity index (χ1v) is 9.09. The maximum atomic E-state index is 12.7. The zero-order chi connectivity index (χ0) is 18.8. The van der Waals surface area contributed by atoms with E-state index in [2.05, 4.69) is 16.2 Å². The summed E-state index contributed by atoms with van der Waals surface area (Å²) in [5, 5.41) is 3.87. The Hall–Kier alpha value is -3.12. The molecule has 3 aromatic rings. The Kier molecular flexibility index (Phi) is 4.64. The molecule has 0 spiro atoms. The monoisotopic (exact) mass is 362 g/mol. The number of rotatable bonds is 6. The average molecular weight is 362 g/mol. The summed E-state index contributed by atoms with van der Waals surface area (Å²) in [4.78, 5) is 25.4. The van der Waals surface area contributed by atoms with Gasteiger partial charge in [-0.2, -0.15) is 0 Å². The number of nitrogens with zero attached hydrogens (tertiary/aromatic N) is 1. The summed E-state index contributed by atoms with van der Waals surface area (Å²) in [6.45, 7) is 0. The van der Waals surface area contributed by atoms with Crippen molar-refractivity contribution in [3.8, 4) is 0 Å². The van der Waals surface area contributed by atoms with Gasteiger partial charge in [-0.25, -0.2) is 5.43 Å². The van der Waals surface area contributed by atoms with Gasteiger partial charge in [0.05, 0.1) is 5.56 Å². The molecule has 2 amide bonds. The highest BCUT2D eigenvalue weighted by molar-refractivity contribution is 6.06. The molecule has 1 heterocycles. The molecule has 0 bridgehead atoms. The Morgan fingerprint density at radius 2 is 1.74 bits per heavy atom. The highest BCUT2D eigenvalue weighted by Gasteiger charge is 2.28. The predicted molar refractivity (Wildman–Crippen MR) is 104 cm³/mol. The normalized spacial score (nSPS) is 14.7. The number of carbonyl (C=O) groups is 2. The van der Waals surface area contributed by atoms with Crippen LogP contribution >= 0.6 is 0 Å². The van der Waals surface area contributed by atoms with Gasteiger partial charge < -0.3 is 9.88 Å². The molecule has 4 rings (SSSR count). The number of hydrogen-bond acceptors (Lipinski definition) is 3. The van der Waals surface area contributed by atoms with Gasteiger partial charge >= 0.3 is 0 Å². The van der Waals surface area contributed by atoms with Crippen LogP contribution in [0.4, 0.5) is 0 Å². The molecule has 1 fully saturated rings. The standard InChI is InChI=1S/C21H22N4O2/c1-25-13-17(16-9-5-6-10-18(16)25)20(26)24-23-19(14-7-3-2-4-8-14)21(27)22-15-11-12-15/h2-10,13,15,19,23H,11-12H2,1H3,(H,22,27)(H,24,26)/t19-/m0/s1. The lowest BCUT2D eigenvalue weighted by molar-refractivity contribution is -0.123. The Morgan fingerprint density at radius 1 is 1.04 bits per heavy atom. The number of amides is 2. The summed E-state index contributed by atoms with van der Waals surface area (Å²) in [5.41, 5.74) is 7.98. The molecule has 1 saturated carbocycles. The fraction of sp³-hybridized carbons (Fsp3) is 0.238. The lowest BCUT2D eigenvalue weighted by Gasteiger charge is -2.19. The van der Waals surface area contributed by atoms with Crippen molar-refractivity contribution in [1.82, 2.24) is 20.7 Å². The van der Waals surface area contributed by atoms with E-state index in [4.69, 9.17) is 0 Å². The fourth-order valence-corrected chi connectivity index (χ4v) is 3.19. The number of aryl methyl sites for hydroxylation is 1. The third-order valence-corrected chi connectivity index (χ3v) is 4.79. The SMILES string of the molecule is Cn1cc(C(=O)NN[C@H](C(=O)NC2CC2)c2ccccc2)c2ccccc21. The first-order valence-electron chi connectivity index (χ1n) is 9.09. The molecule has 0 radical (unpaired) electrons. The number of fused-ring (bicyclic) bond motifs is 1. The zero-order valence-corrected chi connectivity index (χ0v) is 15.1. The molecule has 1 aliphatic carbocycles. The maximum absolute atomic E-state index is 12.7. The first-order chi connectivity index (χ1) is 13.1. The predicted octanol–water partition coefficient (Wildman–Crippen LogP) is 2.43. The summed E-state index contributed by atoms with van der Waals surface area (Å²) in [5.74, 6) is -0.408. The number of benzene rings is 2. The molecular weight excluding hydrogens is 340 g/mol. The Morgan fingerprint density at radius 3 is 2.48 bits per heavy atom. The van der Waals surface area contributed by atoms with E-state index in [1.54, 1.807) is 6.20 Å². The van der Waals surface area contributed by atoms with Crippen LogP contribution in [0.15, 0.2) is 60.8 Å². The number of para-hydroxylation sites is 1. The van der Waals surface area contributed by atoms with Gasteiger partial charge in [0.2, 0.25) is 5.91 Å². The van der Waals surface area contributed by atoms with Crippen LogP contribution < -0.4 is 16.2 Å². The minimum Gasteiger partial charge on any atom is -0.352 e. The van der Waals surface area contributed by atoms with Crippen molar-refractivity contribution >= 4 is 22.7 Å². The quantitative estimate of drug-likeness (QED) is 0.590. The van der Waals surface area contributed by atoms with Crippen LogP contribution in [0.1, 0.15) is 34.8 Å². The van der Waals surface area contributed by atoms with Gasteiger partial charge in [0, 0.05) is 30.2 Å². The molecular formula is C21H22N4O2. The van der Waals surface area contributed by atoms with Crippen LogP contribution in [0.5, 0.6) is 0 Å². The minimum absolute atomic E-state index is 0.137. The van der Waals surface area contributed by atoms with Crippen molar-refractivity contribution < 1.29 is 9.59 Å². The minimum atomic E-state index is -0.647. The largest absolute Gasteiger partial charge is 0.352 e. The molecule has 6 heteroatoms. The number of hydrogen-bond donors (Lipinski definition) is 3. The number of carbonyl (C=O) groups excluding carboxylic acids is 2. The maximum Gasteiger partial charge on any atom is 0.267 e. The van der Waals surface area contributed by atoms with E-state index in [-0.39, 0.29) is 17.9 Å². The van der Waals surface area contributed by atoms with Gasteiger partial charge in [0.15, 0.2) is 0 Å². The summed E-state index contributed by atoms with van der Waals surface area (Å²) in [7, 11) is 1.91. The summed E-state index contributed by atoms with van der Waals surface area (Å²) >= 11 is 0. The summed E-state index contributed by atoms with van der Waals surface area (Å²) < 4.78 is 1.92. The smallest absolute Gasteiger partial charge is 0.267 e. The van der Waals surface area contributed by atoms with Gasteiger partial charge in [-0.3, -0.25) is 15.0 Å². The third-order valence-electron chi connectivity index (χ3n) is 4.79. The van der Waals surface area contributed by atoms with Crippen LogP contribution in [-0.2, 0) is 11.8 Å². The number of hydrazine groups is 1. The lowest BCUT2D eigenvalue weighted by Crippen LogP contribution is -2.46. The summed E-state index contributed by atoms with van der Waals surface area (Å²) in [6.07, 6.45) is 3.81. The highest BCUT2D eigenvalue weighted by atomic mass is 16.2. The average Bonchev–Trinajstić information content (AvgIpc) is 3.44. The molecule has 138 valence electrons. The fourth-order valence-electron chi connectivity index (χ4n) is 3.19. The Labute approximate surface area is 157 Å². The van der Waals surface area contributed by atoms with Crippen molar-refractivity contribution in [3.05, 3.63) is 71.9 Å². The van der Waals surface area contributed by atoms with E-state index in [9.17, 15) is 9.59 Å². The van der Waals surface area contributed by atoms with E-state index < -0.39 is 6.04 Å². The highest BCUT2D eigenvalue weighted by Crippen LogP contribution is 2.22. The topological polar surface area (TPSA) is 75.2 Å². The molecule has 3 N–H and O–H groups in total. The second kappa shape index (κ2) is 7.25. The van der Waals surface area contributed by atoms with Crippen molar-refractivity contribution in [2.75, 3.05) is 0 Å². The molecule has 1 aromatic heterocycles. The van der Waals surface area contributed by atoms with Crippen LogP contribution in [0.3, 0.4) is 0 Å². The molecule has 1 atom stereocenters. The number of aromatic nitrogens is 1. The summed E-state index contributed by atoms with van der Waals surface area (Å²) in [6, 6.07) is 16.7. The van der Waals surface area contributed by atoms with E-state index in [0.717, 1.165) is 29.3 Å². The molecule has 6 nitrogen and oxygen atoms in total. The van der Waals surface area contributed by atoms with Crippen molar-refractivity contribution in [1.29, 1.82) is 0 Å².